The Kier molecular flexibility index (Phi) is 5.26. The number of thiophene rings is 1. The number of rotatable bonds is 3. The Labute approximate surface area is 222 Å². The largest absolute Gasteiger partial charge is 0.351 e. The molecule has 4 heterocycles. The Balaban J connectivity index is 1.41. The number of carbonyl (C=O) groups excluding carboxylic acids is 1. The Morgan fingerprint density at radius 2 is 1.92 bits per heavy atom. The number of aromatic amines is 1. The normalized spacial score (nSPS) is 16.5. The van der Waals surface area contributed by atoms with E-state index in [0.29, 0.717) is 16.5 Å². The minimum Gasteiger partial charge on any atom is -0.351 e. The van der Waals surface area contributed by atoms with Crippen LogP contribution >= 0.6 is 22.9 Å². The van der Waals surface area contributed by atoms with Gasteiger partial charge in [-0.15, -0.1) is 21.5 Å². The lowest BCUT2D eigenvalue weighted by Crippen LogP contribution is -2.29. The van der Waals surface area contributed by atoms with Gasteiger partial charge in [-0.05, 0) is 56.4 Å². The van der Waals surface area contributed by atoms with E-state index < -0.39 is 6.17 Å². The summed E-state index contributed by atoms with van der Waals surface area (Å²) in [5.74, 6) is 1.09. The van der Waals surface area contributed by atoms with Crippen LogP contribution in [0.1, 0.15) is 62.7 Å². The third-order valence-electron chi connectivity index (χ3n) is 7.12. The van der Waals surface area contributed by atoms with Crippen LogP contribution in [0.25, 0.3) is 15.9 Å². The molecule has 5 aromatic rings. The molecular formula is C28H23ClN6OS. The minimum absolute atomic E-state index is 0.261. The third kappa shape index (κ3) is 3.62. The van der Waals surface area contributed by atoms with Crippen molar-refractivity contribution in [3.05, 3.63) is 98.5 Å². The summed E-state index contributed by atoms with van der Waals surface area (Å²) in [4.78, 5) is 23.2. The van der Waals surface area contributed by atoms with Crippen LogP contribution < -0.4 is 5.32 Å². The van der Waals surface area contributed by atoms with E-state index in [1.807, 2.05) is 61.5 Å². The molecule has 0 saturated carbocycles. The number of halogens is 1. The highest BCUT2D eigenvalue weighted by Crippen LogP contribution is 2.42. The third-order valence-corrected chi connectivity index (χ3v) is 8.72. The zero-order valence-electron chi connectivity index (χ0n) is 20.1. The molecule has 2 N–H and O–H groups in total. The Morgan fingerprint density at radius 1 is 1.11 bits per heavy atom. The highest BCUT2D eigenvalue weighted by Gasteiger charge is 2.34. The number of H-pyrrole nitrogens is 1. The molecule has 3 aromatic heterocycles. The first kappa shape index (κ1) is 22.4. The summed E-state index contributed by atoms with van der Waals surface area (Å²) in [6.07, 6.45) is 3.63. The van der Waals surface area contributed by atoms with Gasteiger partial charge in [0.05, 0.1) is 5.71 Å². The molecule has 0 radical (unpaired) electrons. The fraction of sp³-hybridized carbons (Fsp3) is 0.214. The fourth-order valence-electron chi connectivity index (χ4n) is 5.36. The molecule has 1 aliphatic heterocycles. The smallest absolute Gasteiger partial charge is 0.269 e. The molecule has 0 saturated heterocycles. The van der Waals surface area contributed by atoms with E-state index in [0.717, 1.165) is 57.8 Å². The first-order chi connectivity index (χ1) is 18.1. The summed E-state index contributed by atoms with van der Waals surface area (Å²) >= 11 is 8.51. The zero-order valence-corrected chi connectivity index (χ0v) is 21.7. The highest BCUT2D eigenvalue weighted by molar-refractivity contribution is 7.15. The predicted octanol–water partition coefficient (Wildman–Crippen LogP) is 5.93. The van der Waals surface area contributed by atoms with Crippen molar-refractivity contribution >= 4 is 45.5 Å². The molecule has 184 valence electrons. The van der Waals surface area contributed by atoms with Gasteiger partial charge < -0.3 is 10.3 Å². The van der Waals surface area contributed by atoms with E-state index in [1.54, 1.807) is 11.3 Å². The summed E-state index contributed by atoms with van der Waals surface area (Å²) in [5, 5.41) is 14.6. The van der Waals surface area contributed by atoms with E-state index in [1.165, 1.54) is 16.9 Å². The monoisotopic (exact) mass is 526 g/mol. The summed E-state index contributed by atoms with van der Waals surface area (Å²) in [5.41, 5.74) is 5.41. The number of aromatic nitrogens is 4. The fourth-order valence-corrected chi connectivity index (χ4v) is 7.03. The van der Waals surface area contributed by atoms with E-state index in [2.05, 4.69) is 25.1 Å². The van der Waals surface area contributed by atoms with Gasteiger partial charge in [0.2, 0.25) is 0 Å². The highest BCUT2D eigenvalue weighted by atomic mass is 35.5. The maximum absolute atomic E-state index is 13.5. The molecule has 1 unspecified atom stereocenters. The summed E-state index contributed by atoms with van der Waals surface area (Å²) < 4.78 is 2.06. The van der Waals surface area contributed by atoms with Crippen molar-refractivity contribution in [2.45, 2.75) is 38.8 Å². The Morgan fingerprint density at radius 3 is 2.78 bits per heavy atom. The van der Waals surface area contributed by atoms with Crippen molar-refractivity contribution < 1.29 is 4.79 Å². The molecule has 37 heavy (non-hydrogen) atoms. The molecule has 1 amide bonds. The number of nitrogens with zero attached hydrogens (tertiary/aromatic N) is 4. The van der Waals surface area contributed by atoms with Gasteiger partial charge in [-0.3, -0.25) is 14.4 Å². The number of fused-ring (bicyclic) bond motifs is 6. The number of aliphatic imine (C=N–C) groups is 1. The zero-order chi connectivity index (χ0) is 25.1. The van der Waals surface area contributed by atoms with Crippen LogP contribution in [-0.4, -0.2) is 31.4 Å². The summed E-state index contributed by atoms with van der Waals surface area (Å²) in [6.45, 7) is 1.94. The van der Waals surface area contributed by atoms with Gasteiger partial charge in [0.15, 0.2) is 12.0 Å². The number of hydrogen-bond acceptors (Lipinski definition) is 5. The number of carbonyl (C=O) groups is 1. The van der Waals surface area contributed by atoms with E-state index in [4.69, 9.17) is 16.6 Å². The maximum Gasteiger partial charge on any atom is 0.269 e. The van der Waals surface area contributed by atoms with Gasteiger partial charge in [0.25, 0.3) is 5.91 Å². The van der Waals surface area contributed by atoms with E-state index in [9.17, 15) is 4.79 Å². The second kappa shape index (κ2) is 8.68. The van der Waals surface area contributed by atoms with Crippen LogP contribution in [-0.2, 0) is 12.8 Å². The minimum atomic E-state index is -0.745. The molecule has 2 aromatic carbocycles. The quantitative estimate of drug-likeness (QED) is 0.305. The average Bonchev–Trinajstić information content (AvgIpc) is 3.59. The van der Waals surface area contributed by atoms with E-state index >= 15 is 0 Å². The number of para-hydroxylation sites is 1. The maximum atomic E-state index is 13.5. The van der Waals surface area contributed by atoms with Crippen LogP contribution in [0.5, 0.6) is 0 Å². The van der Waals surface area contributed by atoms with E-state index in [-0.39, 0.29) is 5.91 Å². The van der Waals surface area contributed by atoms with Crippen LogP contribution in [0.3, 0.4) is 0 Å². The number of amides is 1. The second-order valence-corrected chi connectivity index (χ2v) is 10.9. The summed E-state index contributed by atoms with van der Waals surface area (Å²) in [6, 6.07) is 17.4. The molecule has 2 aliphatic rings. The van der Waals surface area contributed by atoms with Crippen LogP contribution in [0, 0.1) is 6.92 Å². The van der Waals surface area contributed by atoms with Gasteiger partial charge >= 0.3 is 0 Å². The number of nitrogens with one attached hydrogen (secondary N) is 2. The Bertz CT molecular complexity index is 1690. The van der Waals surface area contributed by atoms with Gasteiger partial charge in [-0.1, -0.05) is 48.0 Å². The SMILES string of the molecule is Cc1nnc2n1-c1sc3c(c1C(c1ccccc1Cl)=NC2NC(=O)c1cc2ccccc2[nH]1)CCCC3. The molecule has 0 bridgehead atoms. The first-order valence-electron chi connectivity index (χ1n) is 12.4. The van der Waals surface area contributed by atoms with Crippen LogP contribution in [0.2, 0.25) is 5.02 Å². The van der Waals surface area contributed by atoms with Crippen LogP contribution in [0.4, 0.5) is 0 Å². The topological polar surface area (TPSA) is 88.0 Å². The van der Waals surface area contributed by atoms with Crippen molar-refractivity contribution in [3.8, 4) is 5.00 Å². The molecule has 7 rings (SSSR count). The predicted molar refractivity (Wildman–Crippen MR) is 146 cm³/mol. The van der Waals surface area contributed by atoms with Crippen molar-refractivity contribution in [2.24, 2.45) is 4.99 Å². The van der Waals surface area contributed by atoms with Gasteiger partial charge in [0.1, 0.15) is 16.5 Å². The van der Waals surface area contributed by atoms with Crippen molar-refractivity contribution in [2.75, 3.05) is 0 Å². The standard InChI is InChI=1S/C28H23ClN6OS/c1-15-33-34-26-25(32-27(36)21-14-16-8-2-6-12-20(16)30-21)31-24(17-9-3-5-11-19(17)29)23-18-10-4-7-13-22(18)37-28(23)35(15)26/h2-3,5-6,8-9,11-12,14,25,30H,4,7,10,13H2,1H3,(H,32,36). The second-order valence-electron chi connectivity index (χ2n) is 9.44. The van der Waals surface area contributed by atoms with Gasteiger partial charge in [-0.2, -0.15) is 0 Å². The number of aryl methyl sites for hydroxylation is 2. The molecule has 0 spiro atoms. The molecule has 7 nitrogen and oxygen atoms in total. The summed E-state index contributed by atoms with van der Waals surface area (Å²) in [7, 11) is 0. The molecule has 9 heteroatoms. The molecule has 0 fully saturated rings. The van der Waals surface area contributed by atoms with Crippen molar-refractivity contribution in [1.29, 1.82) is 0 Å². The molecular weight excluding hydrogens is 504 g/mol. The average molecular weight is 527 g/mol. The lowest BCUT2D eigenvalue weighted by molar-refractivity contribution is 0.0932. The number of hydrogen-bond donors (Lipinski definition) is 2. The van der Waals surface area contributed by atoms with Crippen molar-refractivity contribution in [3.63, 3.8) is 0 Å². The van der Waals surface area contributed by atoms with Gasteiger partial charge in [0, 0.05) is 31.9 Å². The Hall–Kier alpha value is -3.75. The first-order valence-corrected chi connectivity index (χ1v) is 13.6. The van der Waals surface area contributed by atoms with Gasteiger partial charge in [-0.25, -0.2) is 0 Å². The molecule has 1 atom stereocenters. The van der Waals surface area contributed by atoms with Crippen LogP contribution in [0.15, 0.2) is 59.6 Å². The molecule has 1 aliphatic carbocycles. The van der Waals surface area contributed by atoms with Crippen molar-refractivity contribution in [1.82, 2.24) is 25.1 Å². The number of benzene rings is 2. The lowest BCUT2D eigenvalue weighted by Gasteiger charge is -2.16. The lowest BCUT2D eigenvalue weighted by atomic mass is 9.91.